The van der Waals surface area contributed by atoms with E-state index in [4.69, 9.17) is 16.3 Å². The first-order valence-electron chi connectivity index (χ1n) is 11.0. The van der Waals surface area contributed by atoms with Crippen molar-refractivity contribution in [3.05, 3.63) is 83.6 Å². The van der Waals surface area contributed by atoms with Crippen LogP contribution in [-0.4, -0.2) is 38.3 Å². The van der Waals surface area contributed by atoms with Crippen LogP contribution in [0.1, 0.15) is 12.1 Å². The van der Waals surface area contributed by atoms with Crippen molar-refractivity contribution in [2.75, 3.05) is 16.8 Å². The topological polar surface area (TPSA) is 102 Å². The Morgan fingerprint density at radius 2 is 1.80 bits per heavy atom. The standard InChI is InChI=1S/C25H21ClN6O3/c1-16-12-13-32(30-16)22-10-11-23(29-28-22)35-21-8-4-19(5-9-21)27-25(34)17-14-24(33)31(15-17)20-6-2-18(26)3-7-20/h2-13,17H,14-15H2,1H3,(H,27,34). The van der Waals surface area contributed by atoms with Gasteiger partial charge in [0, 0.05) is 41.6 Å². The highest BCUT2D eigenvalue weighted by atomic mass is 35.5. The lowest BCUT2D eigenvalue weighted by atomic mass is 10.1. The molecule has 3 heterocycles. The number of aromatic nitrogens is 4. The maximum Gasteiger partial charge on any atom is 0.238 e. The second-order valence-corrected chi connectivity index (χ2v) is 8.57. The summed E-state index contributed by atoms with van der Waals surface area (Å²) in [6.45, 7) is 2.22. The zero-order valence-corrected chi connectivity index (χ0v) is 19.5. The van der Waals surface area contributed by atoms with Crippen LogP contribution in [0.4, 0.5) is 11.4 Å². The average Bonchev–Trinajstić information content (AvgIpc) is 3.47. The molecule has 1 saturated heterocycles. The molecule has 1 aliphatic rings. The number of hydrogen-bond donors (Lipinski definition) is 1. The number of amides is 2. The molecule has 0 bridgehead atoms. The van der Waals surface area contributed by atoms with Gasteiger partial charge in [-0.1, -0.05) is 11.6 Å². The van der Waals surface area contributed by atoms with Crippen molar-refractivity contribution in [2.24, 2.45) is 5.92 Å². The highest BCUT2D eigenvalue weighted by molar-refractivity contribution is 6.30. The van der Waals surface area contributed by atoms with Gasteiger partial charge < -0.3 is 15.0 Å². The van der Waals surface area contributed by atoms with E-state index >= 15 is 0 Å². The zero-order chi connectivity index (χ0) is 24.4. The van der Waals surface area contributed by atoms with E-state index in [0.717, 1.165) is 11.4 Å². The summed E-state index contributed by atoms with van der Waals surface area (Å²) in [5.41, 5.74) is 2.22. The number of nitrogens with one attached hydrogen (secondary N) is 1. The number of anilines is 2. The Kier molecular flexibility index (Phi) is 6.15. The smallest absolute Gasteiger partial charge is 0.238 e. The summed E-state index contributed by atoms with van der Waals surface area (Å²) in [6, 6.07) is 19.3. The van der Waals surface area contributed by atoms with Gasteiger partial charge in [-0.3, -0.25) is 9.59 Å². The number of halogens is 1. The lowest BCUT2D eigenvalue weighted by molar-refractivity contribution is -0.122. The van der Waals surface area contributed by atoms with Crippen LogP contribution in [0.5, 0.6) is 11.6 Å². The fraction of sp³-hybridized carbons (Fsp3) is 0.160. The first kappa shape index (κ1) is 22.5. The van der Waals surface area contributed by atoms with Crippen molar-refractivity contribution >= 4 is 34.8 Å². The van der Waals surface area contributed by atoms with E-state index in [1.165, 1.54) is 0 Å². The molecule has 9 nitrogen and oxygen atoms in total. The van der Waals surface area contributed by atoms with Gasteiger partial charge in [-0.15, -0.1) is 10.2 Å². The highest BCUT2D eigenvalue weighted by Gasteiger charge is 2.35. The van der Waals surface area contributed by atoms with Crippen LogP contribution in [0.3, 0.4) is 0 Å². The van der Waals surface area contributed by atoms with E-state index in [1.54, 1.807) is 70.2 Å². The summed E-state index contributed by atoms with van der Waals surface area (Å²) in [4.78, 5) is 26.8. The molecule has 0 saturated carbocycles. The molecule has 2 aromatic heterocycles. The van der Waals surface area contributed by atoms with Crippen LogP contribution >= 0.6 is 11.6 Å². The maximum absolute atomic E-state index is 12.7. The summed E-state index contributed by atoms with van der Waals surface area (Å²) in [7, 11) is 0. The fourth-order valence-corrected chi connectivity index (χ4v) is 3.88. The Hall–Kier alpha value is -4.24. The molecule has 2 amide bonds. The zero-order valence-electron chi connectivity index (χ0n) is 18.8. The second kappa shape index (κ2) is 9.55. The van der Waals surface area contributed by atoms with Crippen molar-refractivity contribution in [1.82, 2.24) is 20.0 Å². The summed E-state index contributed by atoms with van der Waals surface area (Å²) >= 11 is 5.92. The van der Waals surface area contributed by atoms with Crippen LogP contribution in [0.15, 0.2) is 72.9 Å². The van der Waals surface area contributed by atoms with Crippen molar-refractivity contribution in [3.8, 4) is 17.4 Å². The SMILES string of the molecule is Cc1ccn(-c2ccc(Oc3ccc(NC(=O)C4CC(=O)N(c5ccc(Cl)cc5)C4)cc3)nn2)n1. The number of aryl methyl sites for hydroxylation is 1. The van der Waals surface area contributed by atoms with Gasteiger partial charge in [-0.25, -0.2) is 4.68 Å². The Morgan fingerprint density at radius 3 is 2.46 bits per heavy atom. The van der Waals surface area contributed by atoms with Crippen LogP contribution in [0, 0.1) is 12.8 Å². The number of nitrogens with zero attached hydrogens (tertiary/aromatic N) is 5. The van der Waals surface area contributed by atoms with Gasteiger partial charge in [0.05, 0.1) is 11.6 Å². The van der Waals surface area contributed by atoms with E-state index < -0.39 is 5.92 Å². The summed E-state index contributed by atoms with van der Waals surface area (Å²) in [6.07, 6.45) is 1.96. The fourth-order valence-electron chi connectivity index (χ4n) is 3.76. The predicted octanol–water partition coefficient (Wildman–Crippen LogP) is 4.41. The van der Waals surface area contributed by atoms with E-state index in [2.05, 4.69) is 20.6 Å². The summed E-state index contributed by atoms with van der Waals surface area (Å²) in [5, 5.41) is 16.0. The number of rotatable bonds is 6. The lowest BCUT2D eigenvalue weighted by Gasteiger charge is -2.16. The molecule has 1 N–H and O–H groups in total. The normalized spacial score (nSPS) is 15.3. The van der Waals surface area contributed by atoms with E-state index in [-0.39, 0.29) is 18.2 Å². The minimum Gasteiger partial charge on any atom is -0.438 e. The van der Waals surface area contributed by atoms with Gasteiger partial charge in [0.2, 0.25) is 17.7 Å². The van der Waals surface area contributed by atoms with E-state index in [0.29, 0.717) is 34.7 Å². The van der Waals surface area contributed by atoms with Gasteiger partial charge >= 0.3 is 0 Å². The van der Waals surface area contributed by atoms with Crippen molar-refractivity contribution in [1.29, 1.82) is 0 Å². The van der Waals surface area contributed by atoms with Crippen molar-refractivity contribution < 1.29 is 14.3 Å². The van der Waals surface area contributed by atoms with Crippen molar-refractivity contribution in [2.45, 2.75) is 13.3 Å². The summed E-state index contributed by atoms with van der Waals surface area (Å²) < 4.78 is 7.38. The number of ether oxygens (including phenoxy) is 1. The van der Waals surface area contributed by atoms with E-state index in [9.17, 15) is 9.59 Å². The first-order chi connectivity index (χ1) is 16.9. The number of carbonyl (C=O) groups excluding carboxylic acids is 2. The molecule has 4 aromatic rings. The Labute approximate surface area is 206 Å². The Balaban J connectivity index is 1.17. The van der Waals surface area contributed by atoms with Gasteiger partial charge in [0.1, 0.15) is 5.75 Å². The second-order valence-electron chi connectivity index (χ2n) is 8.13. The highest BCUT2D eigenvalue weighted by Crippen LogP contribution is 2.28. The molecule has 35 heavy (non-hydrogen) atoms. The van der Waals surface area contributed by atoms with Crippen molar-refractivity contribution in [3.63, 3.8) is 0 Å². The third-order valence-corrected chi connectivity index (χ3v) is 5.81. The van der Waals surface area contributed by atoms with E-state index in [1.807, 2.05) is 19.2 Å². The molecule has 176 valence electrons. The summed E-state index contributed by atoms with van der Waals surface area (Å²) in [5.74, 6) is 0.723. The molecule has 1 atom stereocenters. The molecule has 5 rings (SSSR count). The third-order valence-electron chi connectivity index (χ3n) is 5.56. The molecule has 0 radical (unpaired) electrons. The van der Waals surface area contributed by atoms with Crippen LogP contribution in [-0.2, 0) is 9.59 Å². The molecule has 1 unspecified atom stereocenters. The Morgan fingerprint density at radius 1 is 1.03 bits per heavy atom. The minimum atomic E-state index is -0.443. The van der Waals surface area contributed by atoms with Crippen LogP contribution in [0.25, 0.3) is 5.82 Å². The van der Waals surface area contributed by atoms with Crippen LogP contribution < -0.4 is 15.0 Å². The molecular formula is C25H21ClN6O3. The predicted molar refractivity (Wildman–Crippen MR) is 131 cm³/mol. The lowest BCUT2D eigenvalue weighted by Crippen LogP contribution is -2.28. The molecule has 2 aromatic carbocycles. The van der Waals surface area contributed by atoms with Crippen LogP contribution in [0.2, 0.25) is 5.02 Å². The quantitative estimate of drug-likeness (QED) is 0.431. The molecule has 10 heteroatoms. The molecule has 0 aliphatic carbocycles. The average molecular weight is 489 g/mol. The molecule has 0 spiro atoms. The van der Waals surface area contributed by atoms with Gasteiger partial charge in [-0.2, -0.15) is 5.10 Å². The monoisotopic (exact) mass is 488 g/mol. The minimum absolute atomic E-state index is 0.0916. The van der Waals surface area contributed by atoms with Gasteiger partial charge in [-0.05, 0) is 67.6 Å². The largest absolute Gasteiger partial charge is 0.438 e. The first-order valence-corrected chi connectivity index (χ1v) is 11.3. The number of benzene rings is 2. The molecular weight excluding hydrogens is 468 g/mol. The molecule has 1 aliphatic heterocycles. The third kappa shape index (κ3) is 5.15. The maximum atomic E-state index is 12.7. The van der Waals surface area contributed by atoms with Gasteiger partial charge in [0.15, 0.2) is 5.82 Å². The Bertz CT molecular complexity index is 1350. The van der Waals surface area contributed by atoms with Gasteiger partial charge in [0.25, 0.3) is 0 Å². The number of carbonyl (C=O) groups is 2. The number of hydrogen-bond acceptors (Lipinski definition) is 6. The molecule has 1 fully saturated rings.